The van der Waals surface area contributed by atoms with Crippen molar-refractivity contribution in [2.45, 2.75) is 19.9 Å². The Morgan fingerprint density at radius 3 is 2.73 bits per heavy atom. The zero-order chi connectivity index (χ0) is 11.0. The third-order valence-electron chi connectivity index (χ3n) is 2.52. The molecule has 2 rings (SSSR count). The van der Waals surface area contributed by atoms with Crippen LogP contribution in [0.5, 0.6) is 0 Å². The molecule has 0 saturated heterocycles. The van der Waals surface area contributed by atoms with Crippen molar-refractivity contribution in [1.29, 1.82) is 0 Å². The second-order valence-corrected chi connectivity index (χ2v) is 4.88. The minimum Gasteiger partial charge on any atom is -0.341 e. The van der Waals surface area contributed by atoms with Crippen molar-refractivity contribution in [3.05, 3.63) is 28.5 Å². The molecule has 0 aliphatic heterocycles. The molecule has 0 aliphatic carbocycles. The van der Waals surface area contributed by atoms with Gasteiger partial charge in [-0.1, -0.05) is 19.9 Å². The number of halogens is 1. The van der Waals surface area contributed by atoms with Crippen LogP contribution in [0.3, 0.4) is 0 Å². The van der Waals surface area contributed by atoms with Gasteiger partial charge in [-0.15, -0.1) is 0 Å². The number of H-pyrrole nitrogens is 1. The Kier molecular flexibility index (Phi) is 2.80. The van der Waals surface area contributed by atoms with E-state index in [0.29, 0.717) is 5.92 Å². The monoisotopic (exact) mass is 267 g/mol. The first kappa shape index (κ1) is 10.6. The first-order valence-corrected chi connectivity index (χ1v) is 5.78. The maximum atomic E-state index is 6.04. The molecular formula is C11H14BrN3. The average molecular weight is 268 g/mol. The van der Waals surface area contributed by atoms with E-state index in [1.54, 1.807) is 0 Å². The number of hydrogen-bond acceptors (Lipinski definition) is 2. The Morgan fingerprint density at radius 2 is 2.13 bits per heavy atom. The molecule has 1 heterocycles. The smallest absolute Gasteiger partial charge is 0.124 e. The number of imidazole rings is 1. The summed E-state index contributed by atoms with van der Waals surface area (Å²) in [6.07, 6.45) is 0. The lowest BCUT2D eigenvalue weighted by atomic mass is 10.1. The third kappa shape index (κ3) is 1.92. The van der Waals surface area contributed by atoms with E-state index in [1.807, 2.05) is 18.2 Å². The topological polar surface area (TPSA) is 54.7 Å². The molecule has 0 radical (unpaired) electrons. The lowest BCUT2D eigenvalue weighted by molar-refractivity contribution is 0.495. The van der Waals surface area contributed by atoms with E-state index in [4.69, 9.17) is 5.73 Å². The predicted molar refractivity (Wildman–Crippen MR) is 65.6 cm³/mol. The molecule has 2 aromatic rings. The van der Waals surface area contributed by atoms with E-state index in [0.717, 1.165) is 21.3 Å². The van der Waals surface area contributed by atoms with Crippen molar-refractivity contribution in [3.63, 3.8) is 0 Å². The van der Waals surface area contributed by atoms with Crippen LogP contribution in [0.15, 0.2) is 22.7 Å². The summed E-state index contributed by atoms with van der Waals surface area (Å²) in [6.45, 7) is 4.18. The number of fused-ring (bicyclic) bond motifs is 1. The molecule has 80 valence electrons. The highest BCUT2D eigenvalue weighted by atomic mass is 79.9. The van der Waals surface area contributed by atoms with E-state index < -0.39 is 0 Å². The maximum absolute atomic E-state index is 6.04. The average Bonchev–Trinajstić information content (AvgIpc) is 2.61. The van der Waals surface area contributed by atoms with Crippen LogP contribution in [-0.4, -0.2) is 9.97 Å². The Morgan fingerprint density at radius 1 is 1.40 bits per heavy atom. The Labute approximate surface area is 97.2 Å². The van der Waals surface area contributed by atoms with Gasteiger partial charge in [-0.25, -0.2) is 4.98 Å². The van der Waals surface area contributed by atoms with Crippen LogP contribution in [-0.2, 0) is 0 Å². The molecule has 0 amide bonds. The highest BCUT2D eigenvalue weighted by Gasteiger charge is 2.15. The molecule has 1 aromatic heterocycles. The molecule has 0 unspecified atom stereocenters. The number of nitrogens with two attached hydrogens (primary N) is 1. The number of para-hydroxylation sites is 1. The van der Waals surface area contributed by atoms with Gasteiger partial charge < -0.3 is 10.7 Å². The van der Waals surface area contributed by atoms with Crippen LogP contribution in [0.2, 0.25) is 0 Å². The molecule has 1 aromatic carbocycles. The minimum atomic E-state index is -0.0377. The molecular weight excluding hydrogens is 254 g/mol. The lowest BCUT2D eigenvalue weighted by Gasteiger charge is -2.11. The van der Waals surface area contributed by atoms with E-state index >= 15 is 0 Å². The number of aromatic amines is 1. The van der Waals surface area contributed by atoms with Crippen LogP contribution < -0.4 is 5.73 Å². The summed E-state index contributed by atoms with van der Waals surface area (Å²) in [4.78, 5) is 7.76. The molecule has 15 heavy (non-hydrogen) atoms. The number of aromatic nitrogens is 2. The number of hydrogen-bond donors (Lipinski definition) is 2. The van der Waals surface area contributed by atoms with Crippen LogP contribution in [0.1, 0.15) is 25.7 Å². The fourth-order valence-corrected chi connectivity index (χ4v) is 1.94. The Balaban J connectivity index is 2.52. The summed E-state index contributed by atoms with van der Waals surface area (Å²) < 4.78 is 0.999. The number of nitrogens with one attached hydrogen (secondary N) is 1. The van der Waals surface area contributed by atoms with Gasteiger partial charge in [-0.2, -0.15) is 0 Å². The number of nitrogens with zero attached hydrogens (tertiary/aromatic N) is 1. The van der Waals surface area contributed by atoms with Gasteiger partial charge in [-0.05, 0) is 34.0 Å². The zero-order valence-corrected chi connectivity index (χ0v) is 10.4. The highest BCUT2D eigenvalue weighted by molar-refractivity contribution is 9.10. The van der Waals surface area contributed by atoms with Crippen molar-refractivity contribution in [3.8, 4) is 0 Å². The van der Waals surface area contributed by atoms with Crippen LogP contribution in [0, 0.1) is 5.92 Å². The largest absolute Gasteiger partial charge is 0.341 e. The van der Waals surface area contributed by atoms with Gasteiger partial charge >= 0.3 is 0 Å². The van der Waals surface area contributed by atoms with Crippen molar-refractivity contribution in [2.24, 2.45) is 11.7 Å². The lowest BCUT2D eigenvalue weighted by Crippen LogP contribution is -2.18. The first-order chi connectivity index (χ1) is 7.09. The molecule has 3 nitrogen and oxygen atoms in total. The maximum Gasteiger partial charge on any atom is 0.124 e. The van der Waals surface area contributed by atoms with Crippen LogP contribution in [0.4, 0.5) is 0 Å². The predicted octanol–water partition coefficient (Wildman–Crippen LogP) is 2.98. The Hall–Kier alpha value is -0.870. The SMILES string of the molecule is CC(C)[C@H](N)c1nc2c(Br)cccc2[nH]1. The second kappa shape index (κ2) is 3.94. The standard InChI is InChI=1S/C11H14BrN3/c1-6(2)9(13)11-14-8-5-3-4-7(12)10(8)15-11/h3-6,9H,13H2,1-2H3,(H,14,15)/t9-/m0/s1. The fourth-order valence-electron chi connectivity index (χ4n) is 1.49. The summed E-state index contributed by atoms with van der Waals surface area (Å²) >= 11 is 3.47. The molecule has 0 spiro atoms. The molecule has 0 aliphatic rings. The normalized spacial score (nSPS) is 13.7. The number of rotatable bonds is 2. The van der Waals surface area contributed by atoms with Gasteiger partial charge in [0, 0.05) is 4.47 Å². The quantitative estimate of drug-likeness (QED) is 0.879. The van der Waals surface area contributed by atoms with E-state index in [9.17, 15) is 0 Å². The first-order valence-electron chi connectivity index (χ1n) is 4.99. The van der Waals surface area contributed by atoms with E-state index in [1.165, 1.54) is 0 Å². The molecule has 0 fully saturated rings. The Bertz CT molecular complexity index is 476. The van der Waals surface area contributed by atoms with Crippen molar-refractivity contribution >= 4 is 27.0 Å². The van der Waals surface area contributed by atoms with E-state index in [-0.39, 0.29) is 6.04 Å². The summed E-state index contributed by atoms with van der Waals surface area (Å²) in [6, 6.07) is 5.93. The van der Waals surface area contributed by atoms with Gasteiger partial charge in [0.1, 0.15) is 11.3 Å². The molecule has 0 saturated carbocycles. The third-order valence-corrected chi connectivity index (χ3v) is 3.16. The molecule has 1 atom stereocenters. The zero-order valence-electron chi connectivity index (χ0n) is 8.79. The van der Waals surface area contributed by atoms with E-state index in [2.05, 4.69) is 39.7 Å². The highest BCUT2D eigenvalue weighted by Crippen LogP contribution is 2.24. The summed E-state index contributed by atoms with van der Waals surface area (Å²) in [7, 11) is 0. The molecule has 4 heteroatoms. The number of benzene rings is 1. The molecule has 3 N–H and O–H groups in total. The van der Waals surface area contributed by atoms with Crippen LogP contribution >= 0.6 is 15.9 Å². The summed E-state index contributed by atoms with van der Waals surface area (Å²) in [5.41, 5.74) is 8.01. The molecule has 0 bridgehead atoms. The van der Waals surface area contributed by atoms with Gasteiger partial charge in [0.2, 0.25) is 0 Å². The minimum absolute atomic E-state index is 0.0377. The summed E-state index contributed by atoms with van der Waals surface area (Å²) in [5, 5.41) is 0. The fraction of sp³-hybridized carbons (Fsp3) is 0.364. The van der Waals surface area contributed by atoms with Crippen LogP contribution in [0.25, 0.3) is 11.0 Å². The van der Waals surface area contributed by atoms with Crippen molar-refractivity contribution in [2.75, 3.05) is 0 Å². The van der Waals surface area contributed by atoms with Crippen molar-refractivity contribution < 1.29 is 0 Å². The van der Waals surface area contributed by atoms with Crippen molar-refractivity contribution in [1.82, 2.24) is 9.97 Å². The van der Waals surface area contributed by atoms with Gasteiger partial charge in [0.15, 0.2) is 0 Å². The second-order valence-electron chi connectivity index (χ2n) is 4.03. The van der Waals surface area contributed by atoms with Gasteiger partial charge in [0.25, 0.3) is 0 Å². The summed E-state index contributed by atoms with van der Waals surface area (Å²) in [5.74, 6) is 1.23. The van der Waals surface area contributed by atoms with Gasteiger partial charge in [-0.3, -0.25) is 0 Å². The van der Waals surface area contributed by atoms with Gasteiger partial charge in [0.05, 0.1) is 11.6 Å².